The van der Waals surface area contributed by atoms with E-state index in [1.165, 1.54) is 13.0 Å². The number of carboxylic acids is 1. The Labute approximate surface area is 97.3 Å². The predicted octanol–water partition coefficient (Wildman–Crippen LogP) is 1.67. The summed E-state index contributed by atoms with van der Waals surface area (Å²) in [5.41, 5.74) is 0.453. The summed E-state index contributed by atoms with van der Waals surface area (Å²) in [5, 5.41) is 9.78. The van der Waals surface area contributed by atoms with Crippen molar-refractivity contribution in [2.24, 2.45) is 5.92 Å². The lowest BCUT2D eigenvalue weighted by molar-refractivity contribution is -0.139. The fraction of sp³-hybridized carbons (Fsp3) is 0.182. The molecule has 6 heteroatoms. The van der Waals surface area contributed by atoms with Crippen LogP contribution in [0.5, 0.6) is 0 Å². The molecule has 0 fully saturated rings. The van der Waals surface area contributed by atoms with Crippen molar-refractivity contribution in [1.82, 2.24) is 0 Å². The molecule has 0 saturated heterocycles. The van der Waals surface area contributed by atoms with Gasteiger partial charge in [-0.05, 0) is 30.2 Å². The number of rotatable bonds is 2. The smallest absolute Gasteiger partial charge is 0.310 e. The van der Waals surface area contributed by atoms with Crippen LogP contribution in [0.3, 0.4) is 0 Å². The quantitative estimate of drug-likeness (QED) is 0.873. The number of fused-ring (bicyclic) bond motifs is 1. The summed E-state index contributed by atoms with van der Waals surface area (Å²) in [7, 11) is -3.72. The van der Waals surface area contributed by atoms with E-state index in [2.05, 4.69) is 0 Å². The summed E-state index contributed by atoms with van der Waals surface area (Å²) in [6, 6.07) is 3.31. The van der Waals surface area contributed by atoms with Gasteiger partial charge in [-0.15, -0.1) is 0 Å². The highest BCUT2D eigenvalue weighted by molar-refractivity contribution is 7.95. The van der Waals surface area contributed by atoms with Gasteiger partial charge in [0, 0.05) is 5.41 Å². The molecule has 1 aliphatic rings. The molecule has 0 bridgehead atoms. The van der Waals surface area contributed by atoms with Crippen molar-refractivity contribution in [1.29, 1.82) is 0 Å². The maximum atomic E-state index is 13.0. The normalized spacial score (nSPS) is 18.4. The Morgan fingerprint density at radius 2 is 2.06 bits per heavy atom. The van der Waals surface area contributed by atoms with Crippen LogP contribution in [0.1, 0.15) is 12.5 Å². The minimum absolute atomic E-state index is 0.166. The first kappa shape index (κ1) is 11.8. The van der Waals surface area contributed by atoms with Gasteiger partial charge >= 0.3 is 5.97 Å². The largest absolute Gasteiger partial charge is 0.481 e. The van der Waals surface area contributed by atoms with E-state index in [1.807, 2.05) is 0 Å². The molecule has 1 N–H and O–H groups in total. The first-order valence-corrected chi connectivity index (χ1v) is 6.37. The average Bonchev–Trinajstić information content (AvgIpc) is 2.50. The van der Waals surface area contributed by atoms with Crippen LogP contribution in [0, 0.1) is 11.7 Å². The van der Waals surface area contributed by atoms with Crippen molar-refractivity contribution in [3.63, 3.8) is 0 Å². The van der Waals surface area contributed by atoms with Crippen LogP contribution < -0.4 is 0 Å². The Morgan fingerprint density at radius 1 is 1.41 bits per heavy atom. The van der Waals surface area contributed by atoms with Crippen LogP contribution >= 0.6 is 0 Å². The molecule has 2 rings (SSSR count). The lowest BCUT2D eigenvalue weighted by Crippen LogP contribution is -2.10. The van der Waals surface area contributed by atoms with Gasteiger partial charge in [0.15, 0.2) is 0 Å². The van der Waals surface area contributed by atoms with Crippen molar-refractivity contribution in [2.45, 2.75) is 11.8 Å². The molecule has 90 valence electrons. The number of aliphatic carboxylic acids is 1. The highest BCUT2D eigenvalue weighted by Gasteiger charge is 2.32. The van der Waals surface area contributed by atoms with Crippen LogP contribution in [0.25, 0.3) is 5.57 Å². The van der Waals surface area contributed by atoms with Gasteiger partial charge in [-0.25, -0.2) is 12.8 Å². The van der Waals surface area contributed by atoms with Crippen molar-refractivity contribution in [3.8, 4) is 0 Å². The molecule has 0 aliphatic carbocycles. The Morgan fingerprint density at radius 3 is 2.65 bits per heavy atom. The number of hydrogen-bond acceptors (Lipinski definition) is 3. The van der Waals surface area contributed by atoms with E-state index < -0.39 is 27.5 Å². The van der Waals surface area contributed by atoms with Crippen molar-refractivity contribution < 1.29 is 22.7 Å². The molecular weight excluding hydrogens is 247 g/mol. The summed E-state index contributed by atoms with van der Waals surface area (Å²) in [6.45, 7) is 1.39. The van der Waals surface area contributed by atoms with Crippen LogP contribution in [-0.4, -0.2) is 19.5 Å². The number of carbonyl (C=O) groups is 1. The fourth-order valence-corrected chi connectivity index (χ4v) is 3.29. The Kier molecular flexibility index (Phi) is 2.54. The average molecular weight is 256 g/mol. The zero-order valence-electron chi connectivity index (χ0n) is 8.84. The first-order valence-electron chi connectivity index (χ1n) is 4.82. The zero-order chi connectivity index (χ0) is 12.8. The number of sulfone groups is 1. The predicted molar refractivity (Wildman–Crippen MR) is 58.4 cm³/mol. The van der Waals surface area contributed by atoms with Gasteiger partial charge in [-0.3, -0.25) is 4.79 Å². The van der Waals surface area contributed by atoms with Gasteiger partial charge in [0.1, 0.15) is 5.82 Å². The third-order valence-corrected chi connectivity index (χ3v) is 4.20. The van der Waals surface area contributed by atoms with Crippen molar-refractivity contribution in [3.05, 3.63) is 35.0 Å². The molecule has 0 saturated carbocycles. The molecule has 0 radical (unpaired) electrons. The highest BCUT2D eigenvalue weighted by Crippen LogP contribution is 2.37. The SMILES string of the molecule is CC(C(=O)O)C1=CS(=O)(=O)c2cc(F)ccc21. The zero-order valence-corrected chi connectivity index (χ0v) is 9.66. The Balaban J connectivity index is 2.66. The van der Waals surface area contributed by atoms with E-state index in [4.69, 9.17) is 5.11 Å². The third kappa shape index (κ3) is 1.84. The molecule has 0 spiro atoms. The molecule has 4 nitrogen and oxygen atoms in total. The van der Waals surface area contributed by atoms with Crippen LogP contribution in [0.15, 0.2) is 28.5 Å². The van der Waals surface area contributed by atoms with Crippen molar-refractivity contribution >= 4 is 21.4 Å². The van der Waals surface area contributed by atoms with Gasteiger partial charge in [0.05, 0.1) is 10.8 Å². The summed E-state index contributed by atoms with van der Waals surface area (Å²) >= 11 is 0. The molecule has 0 amide bonds. The van der Waals surface area contributed by atoms with E-state index in [0.717, 1.165) is 17.5 Å². The molecule has 1 aromatic rings. The van der Waals surface area contributed by atoms with E-state index in [0.29, 0.717) is 0 Å². The lowest BCUT2D eigenvalue weighted by atomic mass is 9.96. The molecule has 1 atom stereocenters. The van der Waals surface area contributed by atoms with Crippen LogP contribution in [0.4, 0.5) is 4.39 Å². The maximum Gasteiger partial charge on any atom is 0.310 e. The van der Waals surface area contributed by atoms with Gasteiger partial charge < -0.3 is 5.11 Å². The fourth-order valence-electron chi connectivity index (χ4n) is 1.73. The molecule has 0 aromatic heterocycles. The maximum absolute atomic E-state index is 13.0. The Bertz CT molecular complexity index is 631. The molecule has 1 aliphatic heterocycles. The molecular formula is C11H9FO4S. The minimum atomic E-state index is -3.72. The van der Waals surface area contributed by atoms with E-state index >= 15 is 0 Å². The summed E-state index contributed by atoms with van der Waals surface area (Å²) < 4.78 is 36.4. The molecule has 17 heavy (non-hydrogen) atoms. The summed E-state index contributed by atoms with van der Waals surface area (Å²) in [4.78, 5) is 10.7. The number of halogens is 1. The summed E-state index contributed by atoms with van der Waals surface area (Å²) in [6.07, 6.45) is 0. The second-order valence-corrected chi connectivity index (χ2v) is 5.58. The second-order valence-electron chi connectivity index (χ2n) is 3.82. The molecule has 1 aromatic carbocycles. The monoisotopic (exact) mass is 256 g/mol. The molecule has 1 heterocycles. The van der Waals surface area contributed by atoms with Gasteiger partial charge in [-0.1, -0.05) is 6.07 Å². The van der Waals surface area contributed by atoms with E-state index in [9.17, 15) is 17.6 Å². The van der Waals surface area contributed by atoms with Crippen molar-refractivity contribution in [2.75, 3.05) is 0 Å². The topological polar surface area (TPSA) is 71.4 Å². The Hall–Kier alpha value is -1.69. The van der Waals surface area contributed by atoms with E-state index in [-0.39, 0.29) is 16.0 Å². The molecule has 1 unspecified atom stereocenters. The van der Waals surface area contributed by atoms with Gasteiger partial charge in [0.25, 0.3) is 0 Å². The van der Waals surface area contributed by atoms with E-state index in [1.54, 1.807) is 0 Å². The second kappa shape index (κ2) is 3.66. The highest BCUT2D eigenvalue weighted by atomic mass is 32.2. The van der Waals surface area contributed by atoms with Gasteiger partial charge in [0.2, 0.25) is 9.84 Å². The third-order valence-electron chi connectivity index (χ3n) is 2.68. The minimum Gasteiger partial charge on any atom is -0.481 e. The van der Waals surface area contributed by atoms with Crippen LogP contribution in [-0.2, 0) is 14.6 Å². The lowest BCUT2D eigenvalue weighted by Gasteiger charge is -2.08. The van der Waals surface area contributed by atoms with Crippen LogP contribution in [0.2, 0.25) is 0 Å². The van der Waals surface area contributed by atoms with Gasteiger partial charge in [-0.2, -0.15) is 0 Å². The number of carboxylic acid groups (broad SMARTS) is 1. The summed E-state index contributed by atoms with van der Waals surface area (Å²) in [5.74, 6) is -2.73. The number of hydrogen-bond donors (Lipinski definition) is 1. The first-order chi connectivity index (χ1) is 7.83. The number of benzene rings is 1. The standard InChI is InChI=1S/C11H9FO4S/c1-6(11(13)14)9-5-17(15,16)10-4-7(12)2-3-8(9)10/h2-6H,1H3,(H,13,14).